The second kappa shape index (κ2) is 9.16. The van der Waals surface area contributed by atoms with E-state index in [0.717, 1.165) is 25.7 Å². The number of hydrogen-bond donors (Lipinski definition) is 2. The first kappa shape index (κ1) is 18.9. The van der Waals surface area contributed by atoms with Crippen molar-refractivity contribution in [1.29, 1.82) is 0 Å². The van der Waals surface area contributed by atoms with Crippen LogP contribution in [0.2, 0.25) is 0 Å². The second-order valence-corrected chi connectivity index (χ2v) is 6.56. The van der Waals surface area contributed by atoms with Gasteiger partial charge in [0.05, 0.1) is 17.2 Å². The molecule has 1 aromatic heterocycles. The number of aromatic nitrogens is 2. The molecule has 0 atom stereocenters. The van der Waals surface area contributed by atoms with Crippen molar-refractivity contribution in [2.45, 2.75) is 51.5 Å². The average molecular weight is 371 g/mol. The van der Waals surface area contributed by atoms with Crippen molar-refractivity contribution >= 4 is 23.0 Å². The molecule has 0 bridgehead atoms. The molecule has 2 aromatic rings. The van der Waals surface area contributed by atoms with Gasteiger partial charge in [0, 0.05) is 6.04 Å². The minimum absolute atomic E-state index is 0.145. The maximum Gasteiger partial charge on any atom is 0.353 e. The molecule has 0 amide bonds. The number of rotatable bonds is 7. The number of hydrogen-bond acceptors (Lipinski definition) is 7. The topological polar surface area (TPSA) is 102 Å². The molecule has 8 nitrogen and oxygen atoms in total. The fourth-order valence-electron chi connectivity index (χ4n) is 3.34. The van der Waals surface area contributed by atoms with Crippen LogP contribution in [0.4, 0.5) is 23.0 Å². The van der Waals surface area contributed by atoms with E-state index in [1.807, 2.05) is 25.1 Å². The Balaban J connectivity index is 1.88. The van der Waals surface area contributed by atoms with Gasteiger partial charge in [0.2, 0.25) is 11.6 Å². The monoisotopic (exact) mass is 371 g/mol. The van der Waals surface area contributed by atoms with Crippen molar-refractivity contribution in [2.24, 2.45) is 0 Å². The molecule has 0 unspecified atom stereocenters. The largest absolute Gasteiger partial charge is 0.492 e. The van der Waals surface area contributed by atoms with Gasteiger partial charge in [0.25, 0.3) is 0 Å². The third kappa shape index (κ3) is 4.84. The van der Waals surface area contributed by atoms with Crippen LogP contribution < -0.4 is 15.4 Å². The van der Waals surface area contributed by atoms with Crippen molar-refractivity contribution in [2.75, 3.05) is 17.2 Å². The number of ether oxygens (including phenoxy) is 1. The van der Waals surface area contributed by atoms with Gasteiger partial charge in [0.15, 0.2) is 0 Å². The highest BCUT2D eigenvalue weighted by molar-refractivity contribution is 5.75. The zero-order valence-corrected chi connectivity index (χ0v) is 15.5. The number of nitro groups is 1. The summed E-state index contributed by atoms with van der Waals surface area (Å²) in [4.78, 5) is 19.6. The van der Waals surface area contributed by atoms with Crippen LogP contribution in [-0.4, -0.2) is 27.5 Å². The van der Waals surface area contributed by atoms with Gasteiger partial charge in [-0.05, 0) is 31.9 Å². The molecule has 1 aromatic carbocycles. The molecule has 2 N–H and O–H groups in total. The molecule has 1 heterocycles. The first-order valence-electron chi connectivity index (χ1n) is 9.43. The Hall–Kier alpha value is -2.90. The van der Waals surface area contributed by atoms with Crippen molar-refractivity contribution in [3.63, 3.8) is 0 Å². The lowest BCUT2D eigenvalue weighted by Gasteiger charge is -2.17. The van der Waals surface area contributed by atoms with E-state index in [0.29, 0.717) is 18.0 Å². The standard InChI is InChI=1S/C19H25N5O3/c1-2-27-16-12-8-7-11-15(16)23-19-17(24(25)26)18(20-13-21-19)22-14-9-5-3-4-6-10-14/h7-8,11-14H,2-6,9-10H2,1H3,(H2,20,21,22,23). The molecule has 0 saturated heterocycles. The van der Waals surface area contributed by atoms with Crippen LogP contribution in [0.5, 0.6) is 5.75 Å². The molecule has 3 rings (SSSR count). The van der Waals surface area contributed by atoms with Crippen LogP contribution in [0.3, 0.4) is 0 Å². The summed E-state index contributed by atoms with van der Waals surface area (Å²) in [6.07, 6.45) is 8.02. The summed E-state index contributed by atoms with van der Waals surface area (Å²) in [7, 11) is 0. The summed E-state index contributed by atoms with van der Waals surface area (Å²) < 4.78 is 5.58. The van der Waals surface area contributed by atoms with E-state index in [1.165, 1.54) is 19.2 Å². The molecule has 8 heteroatoms. The van der Waals surface area contributed by atoms with E-state index in [-0.39, 0.29) is 23.4 Å². The van der Waals surface area contributed by atoms with Crippen molar-refractivity contribution in [3.8, 4) is 5.75 Å². The number of nitrogens with zero attached hydrogens (tertiary/aromatic N) is 3. The van der Waals surface area contributed by atoms with Gasteiger partial charge >= 0.3 is 5.69 Å². The highest BCUT2D eigenvalue weighted by Gasteiger charge is 2.26. The maximum atomic E-state index is 11.8. The van der Waals surface area contributed by atoms with Gasteiger partial charge in [-0.15, -0.1) is 0 Å². The fourth-order valence-corrected chi connectivity index (χ4v) is 3.34. The Kier molecular flexibility index (Phi) is 6.40. The molecule has 1 saturated carbocycles. The van der Waals surface area contributed by atoms with Gasteiger partial charge in [-0.2, -0.15) is 0 Å². The highest BCUT2D eigenvalue weighted by atomic mass is 16.6. The van der Waals surface area contributed by atoms with Crippen LogP contribution in [-0.2, 0) is 0 Å². The van der Waals surface area contributed by atoms with Gasteiger partial charge in [-0.25, -0.2) is 9.97 Å². The van der Waals surface area contributed by atoms with E-state index in [9.17, 15) is 10.1 Å². The third-order valence-electron chi connectivity index (χ3n) is 4.64. The average Bonchev–Trinajstić information content (AvgIpc) is 2.92. The summed E-state index contributed by atoms with van der Waals surface area (Å²) in [6, 6.07) is 7.50. The van der Waals surface area contributed by atoms with Crippen molar-refractivity contribution in [1.82, 2.24) is 9.97 Å². The zero-order valence-electron chi connectivity index (χ0n) is 15.5. The highest BCUT2D eigenvalue weighted by Crippen LogP contribution is 2.35. The Morgan fingerprint density at radius 1 is 1.15 bits per heavy atom. The van der Waals surface area contributed by atoms with Crippen LogP contribution in [0.25, 0.3) is 0 Å². The van der Waals surface area contributed by atoms with Crippen LogP contribution in [0.1, 0.15) is 45.4 Å². The second-order valence-electron chi connectivity index (χ2n) is 6.56. The van der Waals surface area contributed by atoms with E-state index < -0.39 is 4.92 Å². The van der Waals surface area contributed by atoms with E-state index in [4.69, 9.17) is 4.74 Å². The predicted octanol–water partition coefficient (Wildman–Crippen LogP) is 4.66. The molecule has 144 valence electrons. The Bertz CT molecular complexity index is 776. The quantitative estimate of drug-likeness (QED) is 0.414. The maximum absolute atomic E-state index is 11.8. The lowest BCUT2D eigenvalue weighted by molar-refractivity contribution is -0.383. The lowest BCUT2D eigenvalue weighted by atomic mass is 10.1. The predicted molar refractivity (Wildman–Crippen MR) is 105 cm³/mol. The van der Waals surface area contributed by atoms with Gasteiger partial charge in [-0.1, -0.05) is 37.8 Å². The Morgan fingerprint density at radius 3 is 2.56 bits per heavy atom. The SMILES string of the molecule is CCOc1ccccc1Nc1ncnc(NC2CCCCCC2)c1[N+](=O)[O-]. The molecule has 27 heavy (non-hydrogen) atoms. The van der Waals surface area contributed by atoms with E-state index >= 15 is 0 Å². The van der Waals surface area contributed by atoms with Crippen LogP contribution >= 0.6 is 0 Å². The fraction of sp³-hybridized carbons (Fsp3) is 0.474. The van der Waals surface area contributed by atoms with Gasteiger partial charge < -0.3 is 15.4 Å². The summed E-state index contributed by atoms with van der Waals surface area (Å²) in [5.41, 5.74) is 0.481. The molecule has 1 aliphatic carbocycles. The van der Waals surface area contributed by atoms with E-state index in [2.05, 4.69) is 20.6 Å². The molecule has 1 aliphatic rings. The summed E-state index contributed by atoms with van der Waals surface area (Å²) in [5, 5.41) is 18.1. The molecule has 0 aliphatic heterocycles. The van der Waals surface area contributed by atoms with Crippen molar-refractivity contribution in [3.05, 3.63) is 40.7 Å². The molecule has 1 fully saturated rings. The molecular weight excluding hydrogens is 346 g/mol. The van der Waals surface area contributed by atoms with Gasteiger partial charge in [-0.3, -0.25) is 10.1 Å². The lowest BCUT2D eigenvalue weighted by Crippen LogP contribution is -2.20. The summed E-state index contributed by atoms with van der Waals surface area (Å²) in [5.74, 6) is 1.03. The minimum atomic E-state index is -0.440. The normalized spacial score (nSPS) is 15.0. The van der Waals surface area contributed by atoms with Gasteiger partial charge in [0.1, 0.15) is 12.1 Å². The zero-order chi connectivity index (χ0) is 19.1. The number of anilines is 3. The van der Waals surface area contributed by atoms with Crippen LogP contribution in [0, 0.1) is 10.1 Å². The minimum Gasteiger partial charge on any atom is -0.492 e. The Morgan fingerprint density at radius 2 is 1.85 bits per heavy atom. The summed E-state index contributed by atoms with van der Waals surface area (Å²) >= 11 is 0. The number of nitrogens with one attached hydrogen (secondary N) is 2. The van der Waals surface area contributed by atoms with Crippen molar-refractivity contribution < 1.29 is 9.66 Å². The number of para-hydroxylation sites is 2. The Labute approximate surface area is 158 Å². The number of benzene rings is 1. The molecular formula is C19H25N5O3. The summed E-state index contributed by atoms with van der Waals surface area (Å²) in [6.45, 7) is 2.39. The first-order chi connectivity index (χ1) is 13.2. The smallest absolute Gasteiger partial charge is 0.353 e. The molecule has 0 spiro atoms. The third-order valence-corrected chi connectivity index (χ3v) is 4.64. The molecule has 0 radical (unpaired) electrons. The van der Waals surface area contributed by atoms with Crippen LogP contribution in [0.15, 0.2) is 30.6 Å². The van der Waals surface area contributed by atoms with E-state index in [1.54, 1.807) is 6.07 Å². The first-order valence-corrected chi connectivity index (χ1v) is 9.43.